The van der Waals surface area contributed by atoms with E-state index in [1.165, 1.54) is 6.07 Å². The molecule has 1 heterocycles. The Labute approximate surface area is 111 Å². The highest BCUT2D eigenvalue weighted by molar-refractivity contribution is 6.00. The molecule has 1 aliphatic rings. The standard InChI is InChI=1S/C15H14FN3/c16-13-10-11(15-17-8-9-18-15)6-7-14(13)19-12-4-2-1-3-5-12/h1-7,10,19H,8-9H2,(H,17,18). The van der Waals surface area contributed by atoms with Crippen LogP contribution < -0.4 is 10.6 Å². The smallest absolute Gasteiger partial charge is 0.147 e. The Morgan fingerprint density at radius 3 is 2.63 bits per heavy atom. The Kier molecular flexibility index (Phi) is 3.14. The van der Waals surface area contributed by atoms with Gasteiger partial charge in [-0.05, 0) is 30.3 Å². The maximum atomic E-state index is 14.0. The molecule has 0 saturated heterocycles. The number of hydrogen-bond donors (Lipinski definition) is 2. The molecule has 96 valence electrons. The van der Waals surface area contributed by atoms with Gasteiger partial charge in [0.05, 0.1) is 12.2 Å². The van der Waals surface area contributed by atoms with Crippen LogP contribution in [0.5, 0.6) is 0 Å². The maximum Gasteiger partial charge on any atom is 0.147 e. The molecule has 0 radical (unpaired) electrons. The monoisotopic (exact) mass is 255 g/mol. The van der Waals surface area contributed by atoms with E-state index in [4.69, 9.17) is 0 Å². The van der Waals surface area contributed by atoms with Crippen LogP contribution in [0.15, 0.2) is 53.5 Å². The Morgan fingerprint density at radius 1 is 1.11 bits per heavy atom. The molecule has 0 atom stereocenters. The average Bonchev–Trinajstić information content (AvgIpc) is 2.96. The van der Waals surface area contributed by atoms with Crippen molar-refractivity contribution in [1.29, 1.82) is 0 Å². The van der Waals surface area contributed by atoms with Gasteiger partial charge >= 0.3 is 0 Å². The summed E-state index contributed by atoms with van der Waals surface area (Å²) in [5.74, 6) is 0.489. The molecule has 4 heteroatoms. The van der Waals surface area contributed by atoms with Gasteiger partial charge in [0, 0.05) is 17.8 Å². The minimum atomic E-state index is -0.280. The first-order chi connectivity index (χ1) is 9.33. The molecule has 2 aromatic rings. The summed E-state index contributed by atoms with van der Waals surface area (Å²) >= 11 is 0. The molecule has 0 amide bonds. The SMILES string of the molecule is Fc1cc(C2=NCCN2)ccc1Nc1ccccc1. The van der Waals surface area contributed by atoms with Crippen LogP contribution in [-0.2, 0) is 0 Å². The maximum absolute atomic E-state index is 14.0. The quantitative estimate of drug-likeness (QED) is 0.884. The Morgan fingerprint density at radius 2 is 1.95 bits per heavy atom. The van der Waals surface area contributed by atoms with Crippen molar-refractivity contribution >= 4 is 17.2 Å². The number of amidine groups is 1. The minimum Gasteiger partial charge on any atom is -0.368 e. The molecule has 3 nitrogen and oxygen atoms in total. The number of benzene rings is 2. The Balaban J connectivity index is 1.84. The van der Waals surface area contributed by atoms with Crippen LogP contribution in [0.2, 0.25) is 0 Å². The van der Waals surface area contributed by atoms with E-state index < -0.39 is 0 Å². The largest absolute Gasteiger partial charge is 0.368 e. The fraction of sp³-hybridized carbons (Fsp3) is 0.133. The van der Waals surface area contributed by atoms with Crippen LogP contribution in [0, 0.1) is 5.82 Å². The van der Waals surface area contributed by atoms with E-state index in [1.54, 1.807) is 6.07 Å². The van der Waals surface area contributed by atoms with Gasteiger partial charge in [0.25, 0.3) is 0 Å². The van der Waals surface area contributed by atoms with Crippen molar-refractivity contribution in [2.24, 2.45) is 4.99 Å². The van der Waals surface area contributed by atoms with Gasteiger partial charge in [-0.2, -0.15) is 0 Å². The summed E-state index contributed by atoms with van der Waals surface area (Å²) in [6.45, 7) is 1.57. The molecule has 0 aromatic heterocycles. The van der Waals surface area contributed by atoms with Gasteiger partial charge in [0.1, 0.15) is 11.7 Å². The highest BCUT2D eigenvalue weighted by Crippen LogP contribution is 2.21. The highest BCUT2D eigenvalue weighted by atomic mass is 19.1. The number of nitrogens with one attached hydrogen (secondary N) is 2. The molecule has 0 unspecified atom stereocenters. The second-order valence-corrected chi connectivity index (χ2v) is 4.34. The number of halogens is 1. The number of rotatable bonds is 3. The van der Waals surface area contributed by atoms with Crippen molar-refractivity contribution in [1.82, 2.24) is 5.32 Å². The predicted octanol–water partition coefficient (Wildman–Crippen LogP) is 2.92. The lowest BCUT2D eigenvalue weighted by molar-refractivity contribution is 0.631. The minimum absolute atomic E-state index is 0.280. The van der Waals surface area contributed by atoms with Gasteiger partial charge in [0.2, 0.25) is 0 Å². The fourth-order valence-corrected chi connectivity index (χ4v) is 2.03. The average molecular weight is 255 g/mol. The van der Waals surface area contributed by atoms with E-state index in [2.05, 4.69) is 15.6 Å². The molecule has 0 spiro atoms. The number of hydrogen-bond acceptors (Lipinski definition) is 3. The lowest BCUT2D eigenvalue weighted by atomic mass is 10.1. The first-order valence-corrected chi connectivity index (χ1v) is 6.23. The van der Waals surface area contributed by atoms with Gasteiger partial charge < -0.3 is 10.6 Å². The third kappa shape index (κ3) is 2.57. The molecule has 19 heavy (non-hydrogen) atoms. The third-order valence-electron chi connectivity index (χ3n) is 2.97. The van der Waals surface area contributed by atoms with E-state index >= 15 is 0 Å². The van der Waals surface area contributed by atoms with Crippen molar-refractivity contribution in [2.75, 3.05) is 18.4 Å². The molecule has 0 aliphatic carbocycles. The normalized spacial score (nSPS) is 13.8. The molecule has 0 saturated carbocycles. The molecule has 2 aromatic carbocycles. The van der Waals surface area contributed by atoms with E-state index in [9.17, 15) is 4.39 Å². The van der Waals surface area contributed by atoms with Crippen LogP contribution in [0.1, 0.15) is 5.56 Å². The van der Waals surface area contributed by atoms with Crippen LogP contribution in [0.3, 0.4) is 0 Å². The molecule has 0 fully saturated rings. The first-order valence-electron chi connectivity index (χ1n) is 6.23. The summed E-state index contributed by atoms with van der Waals surface area (Å²) in [7, 11) is 0. The van der Waals surface area contributed by atoms with Crippen LogP contribution >= 0.6 is 0 Å². The fourth-order valence-electron chi connectivity index (χ4n) is 2.03. The van der Waals surface area contributed by atoms with Crippen LogP contribution in [0.4, 0.5) is 15.8 Å². The van der Waals surface area contributed by atoms with Crippen LogP contribution in [-0.4, -0.2) is 18.9 Å². The zero-order chi connectivity index (χ0) is 13.1. The van der Waals surface area contributed by atoms with Crippen molar-refractivity contribution in [3.05, 3.63) is 59.9 Å². The molecule has 3 rings (SSSR count). The van der Waals surface area contributed by atoms with E-state index in [-0.39, 0.29) is 5.82 Å². The van der Waals surface area contributed by atoms with Gasteiger partial charge in [-0.15, -0.1) is 0 Å². The van der Waals surface area contributed by atoms with Gasteiger partial charge in [-0.25, -0.2) is 4.39 Å². The summed E-state index contributed by atoms with van der Waals surface area (Å²) in [4.78, 5) is 4.28. The van der Waals surface area contributed by atoms with E-state index in [0.29, 0.717) is 5.69 Å². The predicted molar refractivity (Wildman–Crippen MR) is 75.5 cm³/mol. The molecular formula is C15H14FN3. The van der Waals surface area contributed by atoms with Gasteiger partial charge in [-0.3, -0.25) is 4.99 Å². The highest BCUT2D eigenvalue weighted by Gasteiger charge is 2.10. The zero-order valence-corrected chi connectivity index (χ0v) is 10.4. The molecular weight excluding hydrogens is 241 g/mol. The second-order valence-electron chi connectivity index (χ2n) is 4.34. The number of anilines is 2. The lowest BCUT2D eigenvalue weighted by Gasteiger charge is -2.09. The molecule has 1 aliphatic heterocycles. The summed E-state index contributed by atoms with van der Waals surface area (Å²) in [5, 5.41) is 6.19. The molecule has 2 N–H and O–H groups in total. The number of nitrogens with zero attached hydrogens (tertiary/aromatic N) is 1. The van der Waals surface area contributed by atoms with Crippen LogP contribution in [0.25, 0.3) is 0 Å². The Hall–Kier alpha value is -2.36. The summed E-state index contributed by atoms with van der Waals surface area (Å²) < 4.78 is 14.0. The van der Waals surface area contributed by atoms with Crippen molar-refractivity contribution in [3.8, 4) is 0 Å². The molecule has 0 bridgehead atoms. The van der Waals surface area contributed by atoms with E-state index in [1.807, 2.05) is 36.4 Å². The Bertz CT molecular complexity index is 608. The lowest BCUT2D eigenvalue weighted by Crippen LogP contribution is -2.19. The van der Waals surface area contributed by atoms with Crippen molar-refractivity contribution in [2.45, 2.75) is 0 Å². The van der Waals surface area contributed by atoms with Crippen molar-refractivity contribution in [3.63, 3.8) is 0 Å². The second kappa shape index (κ2) is 5.10. The topological polar surface area (TPSA) is 36.4 Å². The third-order valence-corrected chi connectivity index (χ3v) is 2.97. The first kappa shape index (κ1) is 11.7. The number of para-hydroxylation sites is 1. The summed E-state index contributed by atoms with van der Waals surface area (Å²) in [5.41, 5.74) is 2.12. The number of aliphatic imine (C=N–C) groups is 1. The zero-order valence-electron chi connectivity index (χ0n) is 10.4. The van der Waals surface area contributed by atoms with Gasteiger partial charge in [0.15, 0.2) is 0 Å². The summed E-state index contributed by atoms with van der Waals surface area (Å²) in [6, 6.07) is 14.6. The van der Waals surface area contributed by atoms with E-state index in [0.717, 1.165) is 30.2 Å². The summed E-state index contributed by atoms with van der Waals surface area (Å²) in [6.07, 6.45) is 0. The van der Waals surface area contributed by atoms with Gasteiger partial charge in [-0.1, -0.05) is 18.2 Å². The van der Waals surface area contributed by atoms with Crippen molar-refractivity contribution < 1.29 is 4.39 Å².